The van der Waals surface area contributed by atoms with Crippen molar-refractivity contribution >= 4 is 56.0 Å². The summed E-state index contributed by atoms with van der Waals surface area (Å²) < 4.78 is 0.901. The first-order valence-corrected chi connectivity index (χ1v) is 11.4. The number of rotatable bonds is 3. The summed E-state index contributed by atoms with van der Waals surface area (Å²) in [6, 6.07) is 8.14. The van der Waals surface area contributed by atoms with Crippen molar-refractivity contribution in [2.75, 3.05) is 4.90 Å². The van der Waals surface area contributed by atoms with Crippen LogP contribution in [0.2, 0.25) is 5.02 Å². The third kappa shape index (κ3) is 3.55. The van der Waals surface area contributed by atoms with E-state index in [4.69, 9.17) is 17.3 Å². The maximum atomic E-state index is 13.1. The summed E-state index contributed by atoms with van der Waals surface area (Å²) >= 11 is 11.4. The second-order valence-electron chi connectivity index (χ2n) is 7.26. The summed E-state index contributed by atoms with van der Waals surface area (Å²) in [4.78, 5) is 27.3. The van der Waals surface area contributed by atoms with Gasteiger partial charge in [-0.15, -0.1) is 11.3 Å². The number of non-ortho nitro benzene ring substituents is 1. The third-order valence-electron chi connectivity index (χ3n) is 5.46. The first-order chi connectivity index (χ1) is 14.7. The Balaban J connectivity index is 2.00. The van der Waals surface area contributed by atoms with E-state index in [0.29, 0.717) is 30.5 Å². The molecule has 4 rings (SSSR count). The normalized spacial score (nSPS) is 18.8. The number of hydrogen-bond donors (Lipinski definition) is 1. The number of nitriles is 1. The molecule has 0 radical (unpaired) electrons. The fraction of sp³-hybridized carbons (Fsp3) is 0.238. The number of hydrogen-bond acceptors (Lipinski definition) is 7. The number of anilines is 1. The van der Waals surface area contributed by atoms with Crippen molar-refractivity contribution in [3.05, 3.63) is 76.3 Å². The van der Waals surface area contributed by atoms with E-state index in [1.807, 2.05) is 13.0 Å². The Morgan fingerprint density at radius 3 is 2.74 bits per heavy atom. The van der Waals surface area contributed by atoms with Crippen LogP contribution >= 0.6 is 38.9 Å². The topological polar surface area (TPSA) is 113 Å². The number of allylic oxidation sites excluding steroid dienone is 3. The fourth-order valence-corrected chi connectivity index (χ4v) is 5.94. The zero-order valence-electron chi connectivity index (χ0n) is 16.3. The average molecular weight is 520 g/mol. The molecule has 0 bridgehead atoms. The van der Waals surface area contributed by atoms with Gasteiger partial charge >= 0.3 is 0 Å². The molecule has 1 atom stereocenters. The molecule has 2 N–H and O–H groups in total. The van der Waals surface area contributed by atoms with Crippen molar-refractivity contribution < 1.29 is 9.72 Å². The van der Waals surface area contributed by atoms with Gasteiger partial charge in [0.25, 0.3) is 5.69 Å². The van der Waals surface area contributed by atoms with Crippen LogP contribution in [-0.4, -0.2) is 10.7 Å². The predicted molar refractivity (Wildman–Crippen MR) is 123 cm³/mol. The van der Waals surface area contributed by atoms with Gasteiger partial charge in [0.2, 0.25) is 0 Å². The van der Waals surface area contributed by atoms with Gasteiger partial charge in [-0.3, -0.25) is 19.8 Å². The van der Waals surface area contributed by atoms with Gasteiger partial charge in [-0.2, -0.15) is 5.26 Å². The fourth-order valence-electron chi connectivity index (χ4n) is 4.06. The van der Waals surface area contributed by atoms with Crippen molar-refractivity contribution in [1.82, 2.24) is 0 Å². The summed E-state index contributed by atoms with van der Waals surface area (Å²) in [6.45, 7) is 1.95. The summed E-state index contributed by atoms with van der Waals surface area (Å²) in [5.74, 6) is -0.498. The first-order valence-electron chi connectivity index (χ1n) is 9.40. The number of nitrogens with two attached hydrogens (primary N) is 1. The van der Waals surface area contributed by atoms with E-state index >= 15 is 0 Å². The molecule has 2 aliphatic rings. The highest BCUT2D eigenvalue weighted by molar-refractivity contribution is 9.10. The number of nitro benzene ring substituents is 1. The number of carbonyl (C=O) groups excluding carboxylic acids is 1. The van der Waals surface area contributed by atoms with Gasteiger partial charge in [0.15, 0.2) is 5.78 Å². The van der Waals surface area contributed by atoms with Crippen molar-refractivity contribution in [1.29, 1.82) is 5.26 Å². The lowest BCUT2D eigenvalue weighted by Gasteiger charge is -2.39. The van der Waals surface area contributed by atoms with Crippen LogP contribution < -0.4 is 10.6 Å². The molecule has 1 aliphatic carbocycles. The van der Waals surface area contributed by atoms with Gasteiger partial charge in [-0.05, 0) is 47.8 Å². The Kier molecular flexibility index (Phi) is 5.64. The second kappa shape index (κ2) is 8.11. The largest absolute Gasteiger partial charge is 0.384 e. The molecule has 1 aromatic carbocycles. The van der Waals surface area contributed by atoms with Gasteiger partial charge in [0, 0.05) is 44.1 Å². The standard InChI is InChI=1S/C21H16BrClN4O3S/c1-10-13(22)8-18(31-10)19-12(9-24)21(25)26(15-3-2-4-17(28)20(15)19)16-7-11(27(29)30)5-6-14(16)23/h5-8,19H,2-4,25H2,1H3. The highest BCUT2D eigenvalue weighted by Crippen LogP contribution is 2.49. The SMILES string of the molecule is Cc1sc(C2C(C#N)=C(N)N(c3cc([N+](=O)[O-])ccc3Cl)C3=C2C(=O)CCC3)cc1Br. The minimum atomic E-state index is -0.573. The minimum absolute atomic E-state index is 0.0553. The number of thiophene rings is 1. The van der Waals surface area contributed by atoms with E-state index < -0.39 is 10.8 Å². The van der Waals surface area contributed by atoms with E-state index in [-0.39, 0.29) is 33.6 Å². The molecule has 1 aromatic heterocycles. The number of aryl methyl sites for hydroxylation is 1. The van der Waals surface area contributed by atoms with Crippen molar-refractivity contribution in [2.24, 2.45) is 5.73 Å². The number of nitrogens with zero attached hydrogens (tertiary/aromatic N) is 3. The Labute approximate surface area is 195 Å². The minimum Gasteiger partial charge on any atom is -0.384 e. The summed E-state index contributed by atoms with van der Waals surface area (Å²) in [5, 5.41) is 21.6. The van der Waals surface area contributed by atoms with Crippen LogP contribution in [0.15, 0.2) is 51.4 Å². The van der Waals surface area contributed by atoms with E-state index in [1.165, 1.54) is 29.5 Å². The highest BCUT2D eigenvalue weighted by Gasteiger charge is 2.41. The molecule has 158 valence electrons. The lowest BCUT2D eigenvalue weighted by Crippen LogP contribution is -2.38. The number of nitro groups is 1. The number of ketones is 1. The van der Waals surface area contributed by atoms with Gasteiger partial charge in [0.1, 0.15) is 5.82 Å². The van der Waals surface area contributed by atoms with Gasteiger partial charge < -0.3 is 5.73 Å². The third-order valence-corrected chi connectivity index (χ3v) is 7.98. The molecule has 7 nitrogen and oxygen atoms in total. The maximum Gasteiger partial charge on any atom is 0.271 e. The highest BCUT2D eigenvalue weighted by atomic mass is 79.9. The molecule has 0 fully saturated rings. The Bertz CT molecular complexity index is 1220. The van der Waals surface area contributed by atoms with Crippen LogP contribution in [0.25, 0.3) is 0 Å². The number of halogens is 2. The Morgan fingerprint density at radius 1 is 1.39 bits per heavy atom. The van der Waals surface area contributed by atoms with E-state index in [2.05, 4.69) is 22.0 Å². The Morgan fingerprint density at radius 2 is 2.13 bits per heavy atom. The first kappa shape index (κ1) is 21.6. The summed E-state index contributed by atoms with van der Waals surface area (Å²) in [6.07, 6.45) is 1.53. The van der Waals surface area contributed by atoms with Gasteiger partial charge in [0.05, 0.1) is 33.2 Å². The molecular formula is C21H16BrClN4O3S. The average Bonchev–Trinajstić information content (AvgIpc) is 3.06. The molecule has 2 heterocycles. The zero-order valence-corrected chi connectivity index (χ0v) is 19.5. The zero-order chi connectivity index (χ0) is 22.4. The molecule has 1 unspecified atom stereocenters. The molecule has 0 saturated heterocycles. The van der Waals surface area contributed by atoms with Crippen molar-refractivity contribution in [3.63, 3.8) is 0 Å². The van der Waals surface area contributed by atoms with Gasteiger partial charge in [-0.1, -0.05) is 11.6 Å². The molecule has 10 heteroatoms. The van der Waals surface area contributed by atoms with Crippen LogP contribution in [0.5, 0.6) is 0 Å². The monoisotopic (exact) mass is 518 g/mol. The Hall–Kier alpha value is -2.67. The summed E-state index contributed by atoms with van der Waals surface area (Å²) in [7, 11) is 0. The number of carbonyl (C=O) groups is 1. The maximum absolute atomic E-state index is 13.1. The van der Waals surface area contributed by atoms with E-state index in [1.54, 1.807) is 4.90 Å². The summed E-state index contributed by atoms with van der Waals surface area (Å²) in [5.41, 5.74) is 7.99. The smallest absolute Gasteiger partial charge is 0.271 e. The molecule has 1 aliphatic heterocycles. The van der Waals surface area contributed by atoms with Crippen LogP contribution in [0, 0.1) is 28.4 Å². The van der Waals surface area contributed by atoms with Crippen LogP contribution in [0.3, 0.4) is 0 Å². The van der Waals surface area contributed by atoms with Gasteiger partial charge in [-0.25, -0.2) is 0 Å². The lowest BCUT2D eigenvalue weighted by atomic mass is 9.78. The van der Waals surface area contributed by atoms with Crippen molar-refractivity contribution in [3.8, 4) is 6.07 Å². The number of Topliss-reactive ketones (excluding diaryl/α,β-unsaturated/α-hetero) is 1. The number of benzene rings is 1. The van der Waals surface area contributed by atoms with Crippen LogP contribution in [-0.2, 0) is 4.79 Å². The predicted octanol–water partition coefficient (Wildman–Crippen LogP) is 5.69. The van der Waals surface area contributed by atoms with E-state index in [9.17, 15) is 20.2 Å². The van der Waals surface area contributed by atoms with Crippen molar-refractivity contribution in [2.45, 2.75) is 32.1 Å². The lowest BCUT2D eigenvalue weighted by molar-refractivity contribution is -0.384. The van der Waals surface area contributed by atoms with Crippen LogP contribution in [0.4, 0.5) is 11.4 Å². The molecule has 0 saturated carbocycles. The van der Waals surface area contributed by atoms with Crippen LogP contribution in [0.1, 0.15) is 34.9 Å². The van der Waals surface area contributed by atoms with E-state index in [0.717, 1.165) is 14.2 Å². The molecule has 0 spiro atoms. The molecular weight excluding hydrogens is 504 g/mol. The molecule has 2 aromatic rings. The molecule has 31 heavy (non-hydrogen) atoms. The quantitative estimate of drug-likeness (QED) is 0.412. The molecule has 0 amide bonds. The second-order valence-corrected chi connectivity index (χ2v) is 9.81.